The Morgan fingerprint density at radius 2 is 1.65 bits per heavy atom. The highest BCUT2D eigenvalue weighted by molar-refractivity contribution is 5.95. The fraction of sp³-hybridized carbons (Fsp3) is 0.167. The molecule has 1 aliphatic rings. The lowest BCUT2D eigenvalue weighted by Crippen LogP contribution is -2.59. The van der Waals surface area contributed by atoms with E-state index in [0.717, 1.165) is 17.2 Å². The molecule has 2 aromatic carbocycles. The lowest BCUT2D eigenvalue weighted by molar-refractivity contribution is -0.141. The van der Waals surface area contributed by atoms with Crippen LogP contribution >= 0.6 is 0 Å². The number of alkyl halides is 3. The standard InChI is InChI=1S/C24H17F3N2O2/c1-2-16-3-5-18(6-4-16)22(30)29-23(14-31-15-23)20-10-7-17(8-11-20)19-9-12-21(28-13-19)24(25,26)27/h1,3-13H,14-15H2,(H,29,30). The Kier molecular flexibility index (Phi) is 5.25. The molecule has 31 heavy (non-hydrogen) atoms. The second kappa shape index (κ2) is 7.89. The van der Waals surface area contributed by atoms with E-state index in [2.05, 4.69) is 16.2 Å². The van der Waals surface area contributed by atoms with Gasteiger partial charge in [-0.3, -0.25) is 9.78 Å². The molecule has 4 nitrogen and oxygen atoms in total. The van der Waals surface area contributed by atoms with Crippen molar-refractivity contribution >= 4 is 5.91 Å². The lowest BCUT2D eigenvalue weighted by Gasteiger charge is -2.42. The van der Waals surface area contributed by atoms with Crippen LogP contribution in [0.4, 0.5) is 13.2 Å². The van der Waals surface area contributed by atoms with Gasteiger partial charge in [0.1, 0.15) is 11.2 Å². The average molecular weight is 422 g/mol. The number of hydrogen-bond donors (Lipinski definition) is 1. The molecule has 3 aromatic rings. The first-order valence-corrected chi connectivity index (χ1v) is 9.42. The van der Waals surface area contributed by atoms with E-state index >= 15 is 0 Å². The third-order valence-electron chi connectivity index (χ3n) is 5.19. The summed E-state index contributed by atoms with van der Waals surface area (Å²) in [5.74, 6) is 2.26. The molecule has 0 spiro atoms. The highest BCUT2D eigenvalue weighted by Crippen LogP contribution is 2.33. The summed E-state index contributed by atoms with van der Waals surface area (Å²) >= 11 is 0. The van der Waals surface area contributed by atoms with Gasteiger partial charge in [0.2, 0.25) is 0 Å². The van der Waals surface area contributed by atoms with Crippen molar-refractivity contribution in [2.24, 2.45) is 0 Å². The van der Waals surface area contributed by atoms with Gasteiger partial charge in [-0.15, -0.1) is 6.42 Å². The molecule has 4 rings (SSSR count). The second-order valence-corrected chi connectivity index (χ2v) is 7.26. The van der Waals surface area contributed by atoms with E-state index in [1.165, 1.54) is 12.3 Å². The summed E-state index contributed by atoms with van der Waals surface area (Å²) < 4.78 is 43.5. The molecular weight excluding hydrogens is 405 g/mol. The molecule has 0 radical (unpaired) electrons. The van der Waals surface area contributed by atoms with Crippen molar-refractivity contribution in [2.45, 2.75) is 11.7 Å². The molecule has 1 saturated heterocycles. The Labute approximate surface area is 177 Å². The first-order chi connectivity index (χ1) is 14.8. The zero-order valence-corrected chi connectivity index (χ0v) is 16.2. The first-order valence-electron chi connectivity index (χ1n) is 9.42. The van der Waals surface area contributed by atoms with Crippen LogP contribution in [0.3, 0.4) is 0 Å². The van der Waals surface area contributed by atoms with E-state index in [1.54, 1.807) is 36.4 Å². The molecule has 1 N–H and O–H groups in total. The van der Waals surface area contributed by atoms with Crippen molar-refractivity contribution in [3.8, 4) is 23.5 Å². The Bertz CT molecular complexity index is 1130. The SMILES string of the molecule is C#Cc1ccc(C(=O)NC2(c3ccc(-c4ccc(C(F)(F)F)nc4)cc3)COC2)cc1. The second-order valence-electron chi connectivity index (χ2n) is 7.26. The van der Waals surface area contributed by atoms with Crippen LogP contribution in [-0.4, -0.2) is 24.1 Å². The lowest BCUT2D eigenvalue weighted by atomic mass is 9.86. The summed E-state index contributed by atoms with van der Waals surface area (Å²) in [7, 11) is 0. The predicted octanol–water partition coefficient (Wildman–Crippen LogP) is 4.40. The summed E-state index contributed by atoms with van der Waals surface area (Å²) in [6.07, 6.45) is 2.07. The molecule has 0 bridgehead atoms. The highest BCUT2D eigenvalue weighted by atomic mass is 19.4. The number of nitrogens with one attached hydrogen (secondary N) is 1. The van der Waals surface area contributed by atoms with Gasteiger partial charge in [0.05, 0.1) is 13.2 Å². The maximum Gasteiger partial charge on any atom is 0.433 e. The van der Waals surface area contributed by atoms with Gasteiger partial charge in [-0.25, -0.2) is 0 Å². The molecule has 7 heteroatoms. The van der Waals surface area contributed by atoms with Gasteiger partial charge in [0.15, 0.2) is 0 Å². The molecule has 0 unspecified atom stereocenters. The minimum atomic E-state index is -4.47. The third-order valence-corrected chi connectivity index (χ3v) is 5.19. The topological polar surface area (TPSA) is 51.2 Å². The largest absolute Gasteiger partial charge is 0.433 e. The zero-order valence-electron chi connectivity index (χ0n) is 16.2. The summed E-state index contributed by atoms with van der Waals surface area (Å²) in [4.78, 5) is 16.2. The van der Waals surface area contributed by atoms with Gasteiger partial charge in [0, 0.05) is 22.9 Å². The van der Waals surface area contributed by atoms with E-state index in [-0.39, 0.29) is 5.91 Å². The summed E-state index contributed by atoms with van der Waals surface area (Å²) in [6, 6.07) is 16.3. The first kappa shape index (κ1) is 20.6. The van der Waals surface area contributed by atoms with Crippen LogP contribution in [0.2, 0.25) is 0 Å². The number of nitrogens with zero attached hydrogens (tertiary/aromatic N) is 1. The van der Waals surface area contributed by atoms with Crippen LogP contribution in [0.5, 0.6) is 0 Å². The van der Waals surface area contributed by atoms with Gasteiger partial charge in [-0.1, -0.05) is 36.3 Å². The maximum absolute atomic E-state index is 12.7. The number of amides is 1. The fourth-order valence-electron chi connectivity index (χ4n) is 3.34. The third kappa shape index (κ3) is 4.16. The van der Waals surface area contributed by atoms with Gasteiger partial charge in [-0.2, -0.15) is 13.2 Å². The van der Waals surface area contributed by atoms with E-state index in [0.29, 0.717) is 29.9 Å². The highest BCUT2D eigenvalue weighted by Gasteiger charge is 2.42. The molecule has 1 aliphatic heterocycles. The number of terminal acetylenes is 1. The van der Waals surface area contributed by atoms with Crippen LogP contribution in [0.1, 0.15) is 27.2 Å². The van der Waals surface area contributed by atoms with Crippen LogP contribution in [-0.2, 0) is 16.5 Å². The minimum Gasteiger partial charge on any atom is -0.376 e. The van der Waals surface area contributed by atoms with Crippen molar-refractivity contribution in [3.63, 3.8) is 0 Å². The van der Waals surface area contributed by atoms with Gasteiger partial charge in [0.25, 0.3) is 5.91 Å². The number of hydrogen-bond acceptors (Lipinski definition) is 3. The summed E-state index contributed by atoms with van der Waals surface area (Å²) in [5.41, 5.74) is 1.70. The molecule has 2 heterocycles. The number of pyridine rings is 1. The number of benzene rings is 2. The molecule has 156 valence electrons. The van der Waals surface area contributed by atoms with Crippen molar-refractivity contribution in [1.82, 2.24) is 10.3 Å². The summed E-state index contributed by atoms with van der Waals surface area (Å²) in [6.45, 7) is 0.644. The number of rotatable bonds is 4. The zero-order chi connectivity index (χ0) is 22.1. The number of aromatic nitrogens is 1. The molecule has 1 aromatic heterocycles. The molecule has 0 atom stereocenters. The molecule has 1 amide bonds. The van der Waals surface area contributed by atoms with Gasteiger partial charge >= 0.3 is 6.18 Å². The number of halogens is 3. The minimum absolute atomic E-state index is 0.247. The van der Waals surface area contributed by atoms with Crippen LogP contribution in [0.25, 0.3) is 11.1 Å². The monoisotopic (exact) mass is 422 g/mol. The van der Waals surface area contributed by atoms with Gasteiger partial charge in [-0.05, 0) is 41.5 Å². The van der Waals surface area contributed by atoms with Crippen LogP contribution in [0.15, 0.2) is 66.9 Å². The van der Waals surface area contributed by atoms with E-state index in [4.69, 9.17) is 11.2 Å². The molecule has 1 fully saturated rings. The fourth-order valence-corrected chi connectivity index (χ4v) is 3.34. The van der Waals surface area contributed by atoms with Crippen molar-refractivity contribution < 1.29 is 22.7 Å². The number of carbonyl (C=O) groups is 1. The Balaban J connectivity index is 1.52. The van der Waals surface area contributed by atoms with Gasteiger partial charge < -0.3 is 10.1 Å². The normalized spacial score (nSPS) is 14.9. The summed E-state index contributed by atoms with van der Waals surface area (Å²) in [5, 5.41) is 3.03. The van der Waals surface area contributed by atoms with Crippen LogP contribution < -0.4 is 5.32 Å². The van der Waals surface area contributed by atoms with Crippen LogP contribution in [0, 0.1) is 12.3 Å². The van der Waals surface area contributed by atoms with E-state index in [1.807, 2.05) is 12.1 Å². The molecule has 0 saturated carbocycles. The Morgan fingerprint density at radius 1 is 1.00 bits per heavy atom. The Morgan fingerprint density at radius 3 is 2.13 bits per heavy atom. The predicted molar refractivity (Wildman–Crippen MR) is 109 cm³/mol. The average Bonchev–Trinajstić information content (AvgIpc) is 2.76. The maximum atomic E-state index is 12.7. The smallest absolute Gasteiger partial charge is 0.376 e. The quantitative estimate of drug-likeness (QED) is 0.634. The van der Waals surface area contributed by atoms with Crippen molar-refractivity contribution in [3.05, 3.63) is 89.2 Å². The van der Waals surface area contributed by atoms with E-state index < -0.39 is 17.4 Å². The number of carbonyl (C=O) groups excluding carboxylic acids is 1. The molecular formula is C24H17F3N2O2. The van der Waals surface area contributed by atoms with E-state index in [9.17, 15) is 18.0 Å². The number of ether oxygens (including phenoxy) is 1. The van der Waals surface area contributed by atoms with Crippen molar-refractivity contribution in [2.75, 3.05) is 13.2 Å². The van der Waals surface area contributed by atoms with Crippen molar-refractivity contribution in [1.29, 1.82) is 0 Å². The molecule has 0 aliphatic carbocycles. The Hall–Kier alpha value is -3.63.